The van der Waals surface area contributed by atoms with E-state index in [1.165, 1.54) is 0 Å². The molecule has 0 fully saturated rings. The van der Waals surface area contributed by atoms with Crippen LogP contribution >= 0.6 is 0 Å². The van der Waals surface area contributed by atoms with Gasteiger partial charge in [0.05, 0.1) is 13.2 Å². The van der Waals surface area contributed by atoms with E-state index in [4.69, 9.17) is 9.47 Å². The second-order valence-electron chi connectivity index (χ2n) is 5.33. The fraction of sp³-hybridized carbons (Fsp3) is 0.316. The standard InChI is InChI=1S/C19H24N2O3/c1-3-23-18-11-9-16(10-12-18)15-21(2)19(22)20-13-14-24-17-7-5-4-6-8-17/h4-12H,3,13-15H2,1-2H3,(H,20,22). The predicted octanol–water partition coefficient (Wildman–Crippen LogP) is 3.31. The van der Waals surface area contributed by atoms with Crippen LogP contribution in [0.2, 0.25) is 0 Å². The summed E-state index contributed by atoms with van der Waals surface area (Å²) >= 11 is 0. The van der Waals surface area contributed by atoms with Crippen molar-refractivity contribution in [3.05, 3.63) is 60.2 Å². The van der Waals surface area contributed by atoms with Gasteiger partial charge in [0, 0.05) is 13.6 Å². The molecule has 0 aliphatic heterocycles. The number of carbonyl (C=O) groups is 1. The number of rotatable bonds is 8. The third-order valence-corrected chi connectivity index (χ3v) is 3.39. The molecule has 0 heterocycles. The molecule has 5 nitrogen and oxygen atoms in total. The number of benzene rings is 2. The summed E-state index contributed by atoms with van der Waals surface area (Å²) in [5, 5.41) is 2.84. The van der Waals surface area contributed by atoms with Crippen LogP contribution in [-0.4, -0.2) is 37.7 Å². The van der Waals surface area contributed by atoms with Crippen LogP contribution in [0.15, 0.2) is 54.6 Å². The molecule has 0 spiro atoms. The normalized spacial score (nSPS) is 10.1. The number of nitrogens with one attached hydrogen (secondary N) is 1. The predicted molar refractivity (Wildman–Crippen MR) is 94.4 cm³/mol. The molecule has 1 N–H and O–H groups in total. The number of nitrogens with zero attached hydrogens (tertiary/aromatic N) is 1. The van der Waals surface area contributed by atoms with Gasteiger partial charge in [-0.25, -0.2) is 4.79 Å². The second-order valence-corrected chi connectivity index (χ2v) is 5.33. The molecule has 0 bridgehead atoms. The molecule has 2 rings (SSSR count). The van der Waals surface area contributed by atoms with Crippen LogP contribution in [0, 0.1) is 0 Å². The Hall–Kier alpha value is -2.69. The molecule has 2 aromatic carbocycles. The van der Waals surface area contributed by atoms with Gasteiger partial charge < -0.3 is 19.7 Å². The van der Waals surface area contributed by atoms with Gasteiger partial charge in [-0.3, -0.25) is 0 Å². The summed E-state index contributed by atoms with van der Waals surface area (Å²) in [6, 6.07) is 17.2. The highest BCUT2D eigenvalue weighted by molar-refractivity contribution is 5.73. The van der Waals surface area contributed by atoms with Gasteiger partial charge in [0.15, 0.2) is 0 Å². The summed E-state index contributed by atoms with van der Waals surface area (Å²) in [5.41, 5.74) is 1.05. The van der Waals surface area contributed by atoms with E-state index < -0.39 is 0 Å². The molecular formula is C19H24N2O3. The molecule has 2 amide bonds. The third kappa shape index (κ3) is 5.83. The smallest absolute Gasteiger partial charge is 0.317 e. The first kappa shape index (κ1) is 17.7. The monoisotopic (exact) mass is 328 g/mol. The molecule has 0 aromatic heterocycles. The van der Waals surface area contributed by atoms with Crippen molar-refractivity contribution in [1.82, 2.24) is 10.2 Å². The van der Waals surface area contributed by atoms with Gasteiger partial charge in [0.25, 0.3) is 0 Å². The van der Waals surface area contributed by atoms with Crippen LogP contribution in [-0.2, 0) is 6.54 Å². The van der Waals surface area contributed by atoms with Crippen molar-refractivity contribution in [2.75, 3.05) is 26.8 Å². The maximum atomic E-state index is 12.1. The topological polar surface area (TPSA) is 50.8 Å². The van der Waals surface area contributed by atoms with Crippen LogP contribution in [0.3, 0.4) is 0 Å². The minimum Gasteiger partial charge on any atom is -0.494 e. The van der Waals surface area contributed by atoms with Crippen LogP contribution in [0.4, 0.5) is 4.79 Å². The average Bonchev–Trinajstić information content (AvgIpc) is 2.61. The molecule has 0 saturated carbocycles. The van der Waals surface area contributed by atoms with E-state index in [0.717, 1.165) is 17.1 Å². The first-order chi connectivity index (χ1) is 11.7. The summed E-state index contributed by atoms with van der Waals surface area (Å²) < 4.78 is 11.0. The number of carbonyl (C=O) groups excluding carboxylic acids is 1. The van der Waals surface area contributed by atoms with Crippen LogP contribution in [0.25, 0.3) is 0 Å². The van der Waals surface area contributed by atoms with Gasteiger partial charge >= 0.3 is 6.03 Å². The lowest BCUT2D eigenvalue weighted by Crippen LogP contribution is -2.38. The lowest BCUT2D eigenvalue weighted by atomic mass is 10.2. The number of amides is 2. The van der Waals surface area contributed by atoms with Crippen LogP contribution < -0.4 is 14.8 Å². The van der Waals surface area contributed by atoms with Gasteiger partial charge in [0.1, 0.15) is 18.1 Å². The largest absolute Gasteiger partial charge is 0.494 e. The number of para-hydroxylation sites is 1. The molecule has 0 saturated heterocycles. The third-order valence-electron chi connectivity index (χ3n) is 3.39. The number of hydrogen-bond donors (Lipinski definition) is 1. The van der Waals surface area contributed by atoms with Crippen molar-refractivity contribution in [3.8, 4) is 11.5 Å². The Morgan fingerprint density at radius 1 is 1.00 bits per heavy atom. The summed E-state index contributed by atoms with van der Waals surface area (Å²) in [4.78, 5) is 13.7. The molecule has 0 unspecified atom stereocenters. The lowest BCUT2D eigenvalue weighted by Gasteiger charge is -2.18. The van der Waals surface area contributed by atoms with E-state index in [9.17, 15) is 4.79 Å². The van der Waals surface area contributed by atoms with E-state index in [1.807, 2.05) is 61.5 Å². The second kappa shape index (κ2) is 9.45. The molecule has 0 aliphatic carbocycles. The van der Waals surface area contributed by atoms with E-state index in [0.29, 0.717) is 26.3 Å². The van der Waals surface area contributed by atoms with Gasteiger partial charge in [-0.1, -0.05) is 30.3 Å². The van der Waals surface area contributed by atoms with E-state index >= 15 is 0 Å². The van der Waals surface area contributed by atoms with Crippen molar-refractivity contribution < 1.29 is 14.3 Å². The summed E-state index contributed by atoms with van der Waals surface area (Å²) in [5.74, 6) is 1.64. The SMILES string of the molecule is CCOc1ccc(CN(C)C(=O)NCCOc2ccccc2)cc1. The zero-order chi connectivity index (χ0) is 17.2. The highest BCUT2D eigenvalue weighted by Gasteiger charge is 2.08. The fourth-order valence-electron chi connectivity index (χ4n) is 2.18. The van der Waals surface area contributed by atoms with Crippen molar-refractivity contribution >= 4 is 6.03 Å². The number of urea groups is 1. The Labute approximate surface area is 143 Å². The number of ether oxygens (including phenoxy) is 2. The van der Waals surface area contributed by atoms with Gasteiger partial charge in [0.2, 0.25) is 0 Å². The fourth-order valence-corrected chi connectivity index (χ4v) is 2.18. The molecule has 0 atom stereocenters. The van der Waals surface area contributed by atoms with Crippen molar-refractivity contribution in [1.29, 1.82) is 0 Å². The summed E-state index contributed by atoms with van der Waals surface area (Å²) in [6.07, 6.45) is 0. The van der Waals surface area contributed by atoms with Gasteiger partial charge in [-0.05, 0) is 36.8 Å². The Morgan fingerprint density at radius 2 is 1.67 bits per heavy atom. The van der Waals surface area contributed by atoms with Crippen molar-refractivity contribution in [2.24, 2.45) is 0 Å². The Balaban J connectivity index is 1.69. The maximum absolute atomic E-state index is 12.1. The zero-order valence-electron chi connectivity index (χ0n) is 14.2. The van der Waals surface area contributed by atoms with Crippen molar-refractivity contribution in [2.45, 2.75) is 13.5 Å². The average molecular weight is 328 g/mol. The maximum Gasteiger partial charge on any atom is 0.317 e. The van der Waals surface area contributed by atoms with Crippen LogP contribution in [0.5, 0.6) is 11.5 Å². The molecule has 2 aromatic rings. The molecule has 0 radical (unpaired) electrons. The van der Waals surface area contributed by atoms with E-state index in [1.54, 1.807) is 11.9 Å². The molecule has 128 valence electrons. The number of hydrogen-bond acceptors (Lipinski definition) is 3. The molecular weight excluding hydrogens is 304 g/mol. The van der Waals surface area contributed by atoms with Crippen LogP contribution in [0.1, 0.15) is 12.5 Å². The quantitative estimate of drug-likeness (QED) is 0.757. The van der Waals surface area contributed by atoms with E-state index in [2.05, 4.69) is 5.32 Å². The molecule has 0 aliphatic rings. The van der Waals surface area contributed by atoms with Gasteiger partial charge in [-0.2, -0.15) is 0 Å². The summed E-state index contributed by atoms with van der Waals surface area (Å²) in [7, 11) is 1.77. The first-order valence-electron chi connectivity index (χ1n) is 8.07. The Bertz CT molecular complexity index is 614. The molecule has 5 heteroatoms. The Morgan fingerprint density at radius 3 is 2.33 bits per heavy atom. The lowest BCUT2D eigenvalue weighted by molar-refractivity contribution is 0.203. The minimum absolute atomic E-state index is 0.124. The van der Waals surface area contributed by atoms with Gasteiger partial charge in [-0.15, -0.1) is 0 Å². The zero-order valence-corrected chi connectivity index (χ0v) is 14.2. The van der Waals surface area contributed by atoms with E-state index in [-0.39, 0.29) is 6.03 Å². The summed E-state index contributed by atoms with van der Waals surface area (Å²) in [6.45, 7) is 4.03. The minimum atomic E-state index is -0.124. The highest BCUT2D eigenvalue weighted by Crippen LogP contribution is 2.13. The Kier molecular flexibility index (Phi) is 6.95. The highest BCUT2D eigenvalue weighted by atomic mass is 16.5. The first-order valence-corrected chi connectivity index (χ1v) is 8.07. The molecule has 24 heavy (non-hydrogen) atoms. The van der Waals surface area contributed by atoms with Crippen molar-refractivity contribution in [3.63, 3.8) is 0 Å².